The van der Waals surface area contributed by atoms with E-state index in [0.717, 1.165) is 5.01 Å². The Morgan fingerprint density at radius 3 is 2.67 bits per heavy atom. The standard InChI is InChI=1S/C12H12N2O2S2/c1-18(16)10-4-2-9(3-5-10)12(15)14-8-11-13-6-7-17-11/h2-7H,8H2,1H3,(H,14,15)/t18-/m1/s1. The molecule has 6 heteroatoms. The normalized spacial score (nSPS) is 12.1. The van der Waals surface area contributed by atoms with E-state index in [1.54, 1.807) is 36.7 Å². The van der Waals surface area contributed by atoms with Gasteiger partial charge in [0.1, 0.15) is 5.01 Å². The van der Waals surface area contributed by atoms with Crippen LogP contribution in [-0.2, 0) is 17.3 Å². The molecule has 0 saturated heterocycles. The zero-order valence-corrected chi connectivity index (χ0v) is 11.4. The highest BCUT2D eigenvalue weighted by Crippen LogP contribution is 2.08. The van der Waals surface area contributed by atoms with Gasteiger partial charge in [0, 0.05) is 39.1 Å². The summed E-state index contributed by atoms with van der Waals surface area (Å²) in [5.41, 5.74) is 0.556. The van der Waals surface area contributed by atoms with Crippen LogP contribution in [-0.4, -0.2) is 21.4 Å². The van der Waals surface area contributed by atoms with Gasteiger partial charge in [-0.25, -0.2) is 4.98 Å². The third kappa shape index (κ3) is 3.24. The molecule has 1 aromatic carbocycles. The van der Waals surface area contributed by atoms with Crippen LogP contribution in [0.15, 0.2) is 40.7 Å². The molecule has 0 unspecified atom stereocenters. The Bertz CT molecular complexity index is 550. The molecule has 2 rings (SSSR count). The lowest BCUT2D eigenvalue weighted by Crippen LogP contribution is -2.22. The fourth-order valence-electron chi connectivity index (χ4n) is 1.40. The smallest absolute Gasteiger partial charge is 0.251 e. The van der Waals surface area contributed by atoms with Gasteiger partial charge < -0.3 is 5.32 Å². The lowest BCUT2D eigenvalue weighted by atomic mass is 10.2. The van der Waals surface area contributed by atoms with E-state index >= 15 is 0 Å². The minimum absolute atomic E-state index is 0.154. The third-order valence-electron chi connectivity index (χ3n) is 2.33. The second-order valence-corrected chi connectivity index (χ2v) is 5.95. The first-order chi connectivity index (χ1) is 8.66. The Labute approximate surface area is 112 Å². The maximum atomic E-state index is 11.8. The highest BCUT2D eigenvalue weighted by Gasteiger charge is 2.06. The number of benzene rings is 1. The van der Waals surface area contributed by atoms with Crippen LogP contribution in [0.4, 0.5) is 0 Å². The molecule has 1 aromatic heterocycles. The van der Waals surface area contributed by atoms with Gasteiger partial charge in [0.05, 0.1) is 6.54 Å². The highest BCUT2D eigenvalue weighted by molar-refractivity contribution is 7.84. The lowest BCUT2D eigenvalue weighted by molar-refractivity contribution is 0.0951. The molecular weight excluding hydrogens is 268 g/mol. The Kier molecular flexibility index (Phi) is 4.22. The van der Waals surface area contributed by atoms with E-state index < -0.39 is 10.8 Å². The molecule has 94 valence electrons. The summed E-state index contributed by atoms with van der Waals surface area (Å²) in [6.07, 6.45) is 3.31. The SMILES string of the molecule is C[S@@](=O)c1ccc(C(=O)NCc2nccs2)cc1. The average Bonchev–Trinajstić information content (AvgIpc) is 2.89. The monoisotopic (exact) mass is 280 g/mol. The zero-order valence-electron chi connectivity index (χ0n) is 9.75. The minimum Gasteiger partial charge on any atom is -0.346 e. The van der Waals surface area contributed by atoms with Crippen LogP contribution in [0.5, 0.6) is 0 Å². The van der Waals surface area contributed by atoms with Crippen molar-refractivity contribution in [3.05, 3.63) is 46.4 Å². The fourth-order valence-corrected chi connectivity index (χ4v) is 2.47. The maximum absolute atomic E-state index is 11.8. The molecular formula is C12H12N2O2S2. The van der Waals surface area contributed by atoms with E-state index in [0.29, 0.717) is 17.0 Å². The number of thiazole rings is 1. The number of amides is 1. The molecule has 1 N–H and O–H groups in total. The molecule has 0 bridgehead atoms. The van der Waals surface area contributed by atoms with Crippen molar-refractivity contribution in [2.45, 2.75) is 11.4 Å². The van der Waals surface area contributed by atoms with Gasteiger partial charge in [-0.1, -0.05) is 0 Å². The van der Waals surface area contributed by atoms with Crippen LogP contribution < -0.4 is 5.32 Å². The second-order valence-electron chi connectivity index (χ2n) is 3.59. The molecule has 1 amide bonds. The maximum Gasteiger partial charge on any atom is 0.251 e. The average molecular weight is 280 g/mol. The number of hydrogen-bond acceptors (Lipinski definition) is 4. The van der Waals surface area contributed by atoms with Crippen LogP contribution in [0.25, 0.3) is 0 Å². The van der Waals surface area contributed by atoms with Crippen molar-refractivity contribution in [2.75, 3.05) is 6.26 Å². The summed E-state index contributed by atoms with van der Waals surface area (Å²) >= 11 is 1.50. The number of nitrogens with one attached hydrogen (secondary N) is 1. The first-order valence-electron chi connectivity index (χ1n) is 5.27. The van der Waals surface area contributed by atoms with Gasteiger partial charge in [-0.05, 0) is 24.3 Å². The molecule has 4 nitrogen and oxygen atoms in total. The van der Waals surface area contributed by atoms with Crippen molar-refractivity contribution in [1.29, 1.82) is 0 Å². The van der Waals surface area contributed by atoms with Crippen molar-refractivity contribution < 1.29 is 9.00 Å². The Morgan fingerprint density at radius 2 is 2.11 bits per heavy atom. The highest BCUT2D eigenvalue weighted by atomic mass is 32.2. The number of aromatic nitrogens is 1. The van der Waals surface area contributed by atoms with E-state index in [2.05, 4.69) is 10.3 Å². The predicted octanol–water partition coefficient (Wildman–Crippen LogP) is 1.81. The first kappa shape index (κ1) is 12.9. The Hall–Kier alpha value is -1.53. The summed E-state index contributed by atoms with van der Waals surface area (Å²) in [5.74, 6) is -0.154. The van der Waals surface area contributed by atoms with Gasteiger partial charge in [0.25, 0.3) is 5.91 Å². The molecule has 18 heavy (non-hydrogen) atoms. The van der Waals surface area contributed by atoms with E-state index in [1.165, 1.54) is 11.3 Å². The Balaban J connectivity index is 1.98. The minimum atomic E-state index is -1.02. The van der Waals surface area contributed by atoms with Crippen LogP contribution in [0.1, 0.15) is 15.4 Å². The van der Waals surface area contributed by atoms with E-state index in [-0.39, 0.29) is 5.91 Å². The fraction of sp³-hybridized carbons (Fsp3) is 0.167. The largest absolute Gasteiger partial charge is 0.346 e. The van der Waals surface area contributed by atoms with Crippen LogP contribution in [0.3, 0.4) is 0 Å². The van der Waals surface area contributed by atoms with Crippen molar-refractivity contribution in [3.63, 3.8) is 0 Å². The first-order valence-corrected chi connectivity index (χ1v) is 7.70. The number of nitrogens with zero attached hydrogens (tertiary/aromatic N) is 1. The van der Waals surface area contributed by atoms with Crippen molar-refractivity contribution >= 4 is 28.0 Å². The summed E-state index contributed by atoms with van der Waals surface area (Å²) in [6, 6.07) is 6.75. The van der Waals surface area contributed by atoms with Gasteiger partial charge >= 0.3 is 0 Å². The topological polar surface area (TPSA) is 59.1 Å². The van der Waals surface area contributed by atoms with Gasteiger partial charge in [-0.3, -0.25) is 9.00 Å². The van der Waals surface area contributed by atoms with Gasteiger partial charge in [0.15, 0.2) is 0 Å². The molecule has 0 fully saturated rings. The molecule has 0 aliphatic rings. The summed E-state index contributed by atoms with van der Waals surface area (Å²) in [7, 11) is -1.02. The number of carbonyl (C=O) groups excluding carboxylic acids is 1. The van der Waals surface area contributed by atoms with Crippen LogP contribution in [0.2, 0.25) is 0 Å². The number of hydrogen-bond donors (Lipinski definition) is 1. The molecule has 1 atom stereocenters. The predicted molar refractivity (Wildman–Crippen MR) is 72.1 cm³/mol. The zero-order chi connectivity index (χ0) is 13.0. The van der Waals surface area contributed by atoms with Crippen molar-refractivity contribution in [3.8, 4) is 0 Å². The summed E-state index contributed by atoms with van der Waals surface area (Å²) in [5, 5.41) is 5.52. The van der Waals surface area contributed by atoms with Crippen molar-refractivity contribution in [1.82, 2.24) is 10.3 Å². The molecule has 1 heterocycles. The summed E-state index contributed by atoms with van der Waals surface area (Å²) < 4.78 is 11.2. The van der Waals surface area contributed by atoms with Gasteiger partial charge in [-0.15, -0.1) is 11.3 Å². The molecule has 0 aliphatic carbocycles. The van der Waals surface area contributed by atoms with E-state index in [9.17, 15) is 9.00 Å². The molecule has 0 radical (unpaired) electrons. The summed E-state index contributed by atoms with van der Waals surface area (Å²) in [6.45, 7) is 0.429. The third-order valence-corrected chi connectivity index (χ3v) is 4.05. The van der Waals surface area contributed by atoms with E-state index in [4.69, 9.17) is 0 Å². The Morgan fingerprint density at radius 1 is 1.39 bits per heavy atom. The molecule has 0 spiro atoms. The van der Waals surface area contributed by atoms with Crippen LogP contribution >= 0.6 is 11.3 Å². The molecule has 0 saturated carbocycles. The number of carbonyl (C=O) groups is 1. The lowest BCUT2D eigenvalue weighted by Gasteiger charge is -2.03. The van der Waals surface area contributed by atoms with Crippen LogP contribution in [0, 0.1) is 0 Å². The quantitative estimate of drug-likeness (QED) is 0.929. The molecule has 0 aliphatic heterocycles. The van der Waals surface area contributed by atoms with Gasteiger partial charge in [-0.2, -0.15) is 0 Å². The summed E-state index contributed by atoms with van der Waals surface area (Å²) in [4.78, 5) is 16.6. The van der Waals surface area contributed by atoms with E-state index in [1.807, 2.05) is 5.38 Å². The van der Waals surface area contributed by atoms with Crippen molar-refractivity contribution in [2.24, 2.45) is 0 Å². The number of rotatable bonds is 4. The van der Waals surface area contributed by atoms with Gasteiger partial charge in [0.2, 0.25) is 0 Å². The second kappa shape index (κ2) is 5.88. The molecule has 2 aromatic rings.